The summed E-state index contributed by atoms with van der Waals surface area (Å²) in [6.45, 7) is 1.98. The van der Waals surface area contributed by atoms with E-state index in [0.29, 0.717) is 0 Å². The summed E-state index contributed by atoms with van der Waals surface area (Å²) in [5.74, 6) is 1.32. The Bertz CT molecular complexity index is 378. The van der Waals surface area contributed by atoms with E-state index < -0.39 is 0 Å². The lowest BCUT2D eigenvalue weighted by atomic mass is 9.79. The molecule has 1 fully saturated rings. The third-order valence-corrected chi connectivity index (χ3v) is 3.19. The van der Waals surface area contributed by atoms with Crippen LogP contribution < -0.4 is 4.74 Å². The molecule has 0 spiro atoms. The van der Waals surface area contributed by atoms with E-state index in [9.17, 15) is 4.79 Å². The lowest BCUT2D eigenvalue weighted by Gasteiger charge is -2.24. The van der Waals surface area contributed by atoms with Gasteiger partial charge in [-0.15, -0.1) is 0 Å². The summed E-state index contributed by atoms with van der Waals surface area (Å²) in [5, 5.41) is 0. The molecule has 15 heavy (non-hydrogen) atoms. The first kappa shape index (κ1) is 10.2. The molecule has 0 bridgehead atoms. The number of carbonyl (C=O) groups excluding carboxylic acids is 1. The lowest BCUT2D eigenvalue weighted by Crippen LogP contribution is -2.22. The minimum atomic E-state index is 0.260. The molecule has 80 valence electrons. The van der Waals surface area contributed by atoms with Gasteiger partial charge in [-0.05, 0) is 37.5 Å². The van der Waals surface area contributed by atoms with E-state index in [2.05, 4.69) is 0 Å². The highest BCUT2D eigenvalue weighted by Gasteiger charge is 2.27. The van der Waals surface area contributed by atoms with Crippen molar-refractivity contribution in [1.29, 1.82) is 0 Å². The molecule has 0 radical (unpaired) electrons. The molecule has 1 aliphatic rings. The summed E-state index contributed by atoms with van der Waals surface area (Å²) in [6, 6.07) is 5.70. The van der Waals surface area contributed by atoms with Gasteiger partial charge >= 0.3 is 0 Å². The molecular formula is C13H16O2. The Morgan fingerprint density at radius 1 is 1.40 bits per heavy atom. The average Bonchev–Trinajstić information content (AvgIpc) is 2.15. The Morgan fingerprint density at radius 3 is 2.67 bits per heavy atom. The minimum absolute atomic E-state index is 0.260. The van der Waals surface area contributed by atoms with Crippen molar-refractivity contribution in [2.24, 2.45) is 5.92 Å². The smallest absolute Gasteiger partial charge is 0.166 e. The van der Waals surface area contributed by atoms with Crippen molar-refractivity contribution >= 4 is 5.78 Å². The van der Waals surface area contributed by atoms with E-state index in [1.165, 1.54) is 6.42 Å². The standard InChI is InChI=1S/C13H16O2/c1-9-6-7-11(15-2)8-12(9)13(14)10-4-3-5-10/h6-8,10H,3-5H2,1-2H3. The molecular weight excluding hydrogens is 188 g/mol. The summed E-state index contributed by atoms with van der Waals surface area (Å²) < 4.78 is 5.14. The van der Waals surface area contributed by atoms with Crippen molar-refractivity contribution in [2.75, 3.05) is 7.11 Å². The quantitative estimate of drug-likeness (QED) is 0.707. The second kappa shape index (κ2) is 4.05. The van der Waals surface area contributed by atoms with Gasteiger partial charge in [-0.25, -0.2) is 0 Å². The molecule has 0 saturated heterocycles. The Balaban J connectivity index is 2.28. The first-order valence-corrected chi connectivity index (χ1v) is 5.41. The minimum Gasteiger partial charge on any atom is -0.497 e. The average molecular weight is 204 g/mol. The molecule has 0 N–H and O–H groups in total. The SMILES string of the molecule is COc1ccc(C)c(C(=O)C2CCC2)c1. The molecule has 1 saturated carbocycles. The third kappa shape index (κ3) is 1.89. The Morgan fingerprint density at radius 2 is 2.13 bits per heavy atom. The van der Waals surface area contributed by atoms with Gasteiger partial charge in [0, 0.05) is 11.5 Å². The van der Waals surface area contributed by atoms with Crippen LogP contribution in [0.2, 0.25) is 0 Å². The number of aryl methyl sites for hydroxylation is 1. The monoisotopic (exact) mass is 204 g/mol. The summed E-state index contributed by atoms with van der Waals surface area (Å²) in [7, 11) is 1.63. The maximum atomic E-state index is 12.1. The van der Waals surface area contributed by atoms with Gasteiger partial charge < -0.3 is 4.74 Å². The molecule has 0 atom stereocenters. The van der Waals surface area contributed by atoms with Crippen LogP contribution in [-0.4, -0.2) is 12.9 Å². The van der Waals surface area contributed by atoms with E-state index in [4.69, 9.17) is 4.74 Å². The van der Waals surface area contributed by atoms with Crippen LogP contribution in [0.4, 0.5) is 0 Å². The summed E-state index contributed by atoms with van der Waals surface area (Å²) in [5.41, 5.74) is 1.88. The summed E-state index contributed by atoms with van der Waals surface area (Å²) in [4.78, 5) is 12.1. The van der Waals surface area contributed by atoms with Crippen molar-refractivity contribution in [3.05, 3.63) is 29.3 Å². The number of hydrogen-bond acceptors (Lipinski definition) is 2. The Labute approximate surface area is 90.3 Å². The van der Waals surface area contributed by atoms with Crippen LogP contribution in [0.5, 0.6) is 5.75 Å². The van der Waals surface area contributed by atoms with Crippen molar-refractivity contribution in [3.8, 4) is 5.75 Å². The van der Waals surface area contributed by atoms with Gasteiger partial charge in [-0.1, -0.05) is 12.5 Å². The second-order valence-electron chi connectivity index (χ2n) is 4.17. The van der Waals surface area contributed by atoms with E-state index in [0.717, 1.165) is 29.7 Å². The van der Waals surface area contributed by atoms with Gasteiger partial charge in [0.15, 0.2) is 5.78 Å². The number of methoxy groups -OCH3 is 1. The van der Waals surface area contributed by atoms with Crippen LogP contribution in [-0.2, 0) is 0 Å². The first-order chi connectivity index (χ1) is 7.22. The van der Waals surface area contributed by atoms with E-state index in [1.54, 1.807) is 7.11 Å². The maximum Gasteiger partial charge on any atom is 0.166 e. The molecule has 0 heterocycles. The normalized spacial score (nSPS) is 15.9. The van der Waals surface area contributed by atoms with Crippen LogP contribution in [0.1, 0.15) is 35.2 Å². The van der Waals surface area contributed by atoms with Gasteiger partial charge in [0.05, 0.1) is 7.11 Å². The zero-order chi connectivity index (χ0) is 10.8. The largest absolute Gasteiger partial charge is 0.497 e. The predicted molar refractivity (Wildman–Crippen MR) is 59.4 cm³/mol. The van der Waals surface area contributed by atoms with Crippen molar-refractivity contribution in [3.63, 3.8) is 0 Å². The number of carbonyl (C=O) groups is 1. The van der Waals surface area contributed by atoms with Crippen LogP contribution in [0.3, 0.4) is 0 Å². The molecule has 1 aliphatic carbocycles. The van der Waals surface area contributed by atoms with Crippen LogP contribution in [0.25, 0.3) is 0 Å². The molecule has 2 nitrogen and oxygen atoms in total. The highest BCUT2D eigenvalue weighted by atomic mass is 16.5. The van der Waals surface area contributed by atoms with Gasteiger partial charge in [-0.3, -0.25) is 4.79 Å². The van der Waals surface area contributed by atoms with Crippen molar-refractivity contribution in [1.82, 2.24) is 0 Å². The topological polar surface area (TPSA) is 26.3 Å². The predicted octanol–water partition coefficient (Wildman–Crippen LogP) is 2.99. The van der Waals surface area contributed by atoms with Crippen molar-refractivity contribution in [2.45, 2.75) is 26.2 Å². The molecule has 2 rings (SSSR count). The van der Waals surface area contributed by atoms with E-state index >= 15 is 0 Å². The first-order valence-electron chi connectivity index (χ1n) is 5.41. The van der Waals surface area contributed by atoms with Crippen LogP contribution >= 0.6 is 0 Å². The number of rotatable bonds is 3. The van der Waals surface area contributed by atoms with Crippen LogP contribution in [0.15, 0.2) is 18.2 Å². The van der Waals surface area contributed by atoms with Gasteiger partial charge in [0.25, 0.3) is 0 Å². The molecule has 0 unspecified atom stereocenters. The zero-order valence-corrected chi connectivity index (χ0v) is 9.25. The van der Waals surface area contributed by atoms with Crippen LogP contribution in [0, 0.1) is 12.8 Å². The number of benzene rings is 1. The highest BCUT2D eigenvalue weighted by molar-refractivity contribution is 5.99. The van der Waals surface area contributed by atoms with Gasteiger partial charge in [0.2, 0.25) is 0 Å². The fourth-order valence-corrected chi connectivity index (χ4v) is 1.88. The van der Waals surface area contributed by atoms with E-state index in [1.807, 2.05) is 25.1 Å². The number of ketones is 1. The van der Waals surface area contributed by atoms with Crippen molar-refractivity contribution < 1.29 is 9.53 Å². The molecule has 1 aromatic rings. The summed E-state index contributed by atoms with van der Waals surface area (Å²) in [6.07, 6.45) is 3.30. The Kier molecular flexibility index (Phi) is 2.76. The molecule has 0 amide bonds. The molecule has 2 heteroatoms. The fraction of sp³-hybridized carbons (Fsp3) is 0.462. The summed E-state index contributed by atoms with van der Waals surface area (Å²) >= 11 is 0. The Hall–Kier alpha value is -1.31. The molecule has 0 aliphatic heterocycles. The third-order valence-electron chi connectivity index (χ3n) is 3.19. The zero-order valence-electron chi connectivity index (χ0n) is 9.25. The number of Topliss-reactive ketones (excluding diaryl/α,β-unsaturated/α-hetero) is 1. The van der Waals surface area contributed by atoms with Gasteiger partial charge in [0.1, 0.15) is 5.75 Å². The van der Waals surface area contributed by atoms with E-state index in [-0.39, 0.29) is 11.7 Å². The molecule has 1 aromatic carbocycles. The maximum absolute atomic E-state index is 12.1. The second-order valence-corrected chi connectivity index (χ2v) is 4.17. The number of hydrogen-bond donors (Lipinski definition) is 0. The molecule has 0 aromatic heterocycles. The van der Waals surface area contributed by atoms with Gasteiger partial charge in [-0.2, -0.15) is 0 Å². The lowest BCUT2D eigenvalue weighted by molar-refractivity contribution is 0.0854. The fourth-order valence-electron chi connectivity index (χ4n) is 1.88. The number of ether oxygens (including phenoxy) is 1. The highest BCUT2D eigenvalue weighted by Crippen LogP contribution is 2.31.